The zero-order valence-corrected chi connectivity index (χ0v) is 33.9. The summed E-state index contributed by atoms with van der Waals surface area (Å²) in [4.78, 5) is 64.7. The summed E-state index contributed by atoms with van der Waals surface area (Å²) in [6, 6.07) is 7.36. The maximum Gasteiger partial charge on any atom is 0.393 e. The highest BCUT2D eigenvalue weighted by atomic mass is 35.5. The van der Waals surface area contributed by atoms with Gasteiger partial charge in [-0.1, -0.05) is 11.6 Å². The Kier molecular flexibility index (Phi) is 10.6. The van der Waals surface area contributed by atoms with Gasteiger partial charge in [-0.25, -0.2) is 9.97 Å². The number of carbonyl (C=O) groups excluding carboxylic acids is 3. The third kappa shape index (κ3) is 7.77. The Morgan fingerprint density at radius 2 is 1.87 bits per heavy atom. The number of aromatic nitrogens is 6. The van der Waals surface area contributed by atoms with Gasteiger partial charge in [-0.15, -0.1) is 0 Å². The Labute approximate surface area is 346 Å². The highest BCUT2D eigenvalue weighted by Gasteiger charge is 2.56. The number of hydrogen-bond donors (Lipinski definition) is 4. The molecule has 3 atom stereocenters. The lowest BCUT2D eigenvalue weighted by Gasteiger charge is -2.55. The number of aryl methyl sites for hydroxylation is 1. The van der Waals surface area contributed by atoms with E-state index < -0.39 is 46.8 Å². The summed E-state index contributed by atoms with van der Waals surface area (Å²) in [7, 11) is 3.18. The van der Waals surface area contributed by atoms with Gasteiger partial charge in [-0.2, -0.15) is 23.3 Å². The highest BCUT2D eigenvalue weighted by molar-refractivity contribution is 6.33. The summed E-state index contributed by atoms with van der Waals surface area (Å²) < 4.78 is 53.0. The van der Waals surface area contributed by atoms with E-state index in [9.17, 15) is 32.3 Å². The van der Waals surface area contributed by atoms with Gasteiger partial charge in [0.1, 0.15) is 10.7 Å². The number of halogens is 4. The molecular formula is C40H43ClF3N11O5. The molecule has 1 spiro atoms. The number of nitrogens with one attached hydrogen (secondary N) is 4. The van der Waals surface area contributed by atoms with Crippen molar-refractivity contribution in [1.82, 2.24) is 39.9 Å². The van der Waals surface area contributed by atoms with Crippen LogP contribution in [0.15, 0.2) is 47.5 Å². The molecule has 3 aliphatic rings. The fourth-order valence-electron chi connectivity index (χ4n) is 8.68. The fraction of sp³-hybridized carbons (Fsp3) is 0.450. The van der Waals surface area contributed by atoms with Crippen molar-refractivity contribution < 1.29 is 32.3 Å². The molecule has 316 valence electrons. The molecule has 0 bridgehead atoms. The number of anilines is 4. The number of benzene rings is 1. The molecule has 1 unspecified atom stereocenters. The van der Waals surface area contributed by atoms with E-state index in [-0.39, 0.29) is 54.4 Å². The van der Waals surface area contributed by atoms with Crippen LogP contribution in [0.5, 0.6) is 5.75 Å². The molecule has 1 aliphatic carbocycles. The third-order valence-electron chi connectivity index (χ3n) is 11.7. The molecule has 60 heavy (non-hydrogen) atoms. The molecule has 6 heterocycles. The molecule has 1 aromatic carbocycles. The molecule has 3 fully saturated rings. The Morgan fingerprint density at radius 1 is 1.08 bits per heavy atom. The zero-order valence-electron chi connectivity index (χ0n) is 33.2. The number of amides is 3. The molecule has 16 nitrogen and oxygen atoms in total. The van der Waals surface area contributed by atoms with Crippen molar-refractivity contribution in [1.29, 1.82) is 0 Å². The van der Waals surface area contributed by atoms with Crippen LogP contribution in [0.25, 0.3) is 21.9 Å². The number of imide groups is 1. The Hall–Kier alpha value is -5.98. The molecule has 4 aromatic heterocycles. The van der Waals surface area contributed by atoms with Crippen LogP contribution in [-0.2, 0) is 21.4 Å². The monoisotopic (exact) mass is 849 g/mol. The Balaban J connectivity index is 0.958. The normalized spacial score (nSPS) is 20.4. The number of rotatable bonds is 10. The molecule has 4 N–H and O–H groups in total. The summed E-state index contributed by atoms with van der Waals surface area (Å²) in [5, 5.41) is 17.2. The number of carbonyl (C=O) groups is 3. The smallest absolute Gasteiger partial charge is 0.393 e. The van der Waals surface area contributed by atoms with E-state index in [0.29, 0.717) is 70.9 Å². The SMILES string of the molecule is CNC(=O)COc1cc2cc(Nc3nc(N4CC5(CC[C@H](Nc6ccc7c(C8CCC(=O)NC8=O)nn(C)c7c6)[C@@H](C(F)(F)F)C5)C4)ncc3Cl)cnc2n(C(C)C)c1=O. The van der Waals surface area contributed by atoms with E-state index in [1.165, 1.54) is 30.1 Å². The van der Waals surface area contributed by atoms with E-state index in [1.54, 1.807) is 36.0 Å². The van der Waals surface area contributed by atoms with Crippen LogP contribution in [0.4, 0.5) is 36.3 Å². The van der Waals surface area contributed by atoms with Gasteiger partial charge < -0.3 is 25.6 Å². The molecule has 5 aromatic rings. The van der Waals surface area contributed by atoms with Crippen molar-refractivity contribution >= 4 is 74.4 Å². The number of piperidine rings is 1. The van der Waals surface area contributed by atoms with Gasteiger partial charge in [0.05, 0.1) is 41.1 Å². The first-order chi connectivity index (χ1) is 28.5. The summed E-state index contributed by atoms with van der Waals surface area (Å²) >= 11 is 6.52. The maximum absolute atomic E-state index is 14.8. The second kappa shape index (κ2) is 15.6. The van der Waals surface area contributed by atoms with Gasteiger partial charge in [0, 0.05) is 67.6 Å². The van der Waals surface area contributed by atoms with Crippen LogP contribution >= 0.6 is 11.6 Å². The summed E-state index contributed by atoms with van der Waals surface area (Å²) in [5.41, 5.74) is 1.58. The van der Waals surface area contributed by atoms with Crippen LogP contribution in [0.1, 0.15) is 63.6 Å². The molecule has 3 amide bonds. The molecule has 2 aliphatic heterocycles. The van der Waals surface area contributed by atoms with Crippen molar-refractivity contribution in [3.8, 4) is 5.75 Å². The largest absolute Gasteiger partial charge is 0.478 e. The molecule has 1 saturated carbocycles. The summed E-state index contributed by atoms with van der Waals surface area (Å²) in [5.74, 6) is -2.78. The summed E-state index contributed by atoms with van der Waals surface area (Å²) in [6.07, 6.45) is -0.189. The number of ether oxygens (including phenoxy) is 1. The van der Waals surface area contributed by atoms with Crippen LogP contribution in [0, 0.1) is 11.3 Å². The molecule has 8 rings (SSSR count). The average molecular weight is 850 g/mol. The predicted molar refractivity (Wildman–Crippen MR) is 218 cm³/mol. The number of nitrogens with zero attached hydrogens (tertiary/aromatic N) is 7. The Morgan fingerprint density at radius 3 is 2.58 bits per heavy atom. The topological polar surface area (TPSA) is 190 Å². The second-order valence-electron chi connectivity index (χ2n) is 16.1. The first kappa shape index (κ1) is 40.8. The van der Waals surface area contributed by atoms with Gasteiger partial charge in [0.15, 0.2) is 18.2 Å². The predicted octanol–water partition coefficient (Wildman–Crippen LogP) is 5.35. The number of pyridine rings is 2. The molecule has 0 radical (unpaired) electrons. The van der Waals surface area contributed by atoms with Gasteiger partial charge in [0.25, 0.3) is 11.5 Å². The van der Waals surface area contributed by atoms with Gasteiger partial charge in [-0.3, -0.25) is 33.7 Å². The van der Waals surface area contributed by atoms with Crippen LogP contribution in [0.3, 0.4) is 0 Å². The third-order valence-corrected chi connectivity index (χ3v) is 11.9. The first-order valence-electron chi connectivity index (χ1n) is 19.6. The standard InChI is InChI=1S/C40H43ClF3N11O5/c1-20(2)55-35-21(12-30(37(55)59)60-17-32(57)45-3)11-23(15-46-35)49-34-27(41)16-47-38(51-34)54-18-39(19-54)10-9-28(26(14-39)40(42,43)44)48-22-5-6-24-29(13-22)53(4)52-33(24)25-7-8-31(56)50-36(25)58/h5-6,11-13,15-16,20,25-26,28,48H,7-10,14,17-19H2,1-4H3,(H,45,57)(H,47,49,51)(H,50,56,58)/t25?,26-,28-/m0/s1. The van der Waals surface area contributed by atoms with Gasteiger partial charge in [-0.05, 0) is 69.9 Å². The fourth-order valence-corrected chi connectivity index (χ4v) is 8.82. The minimum absolute atomic E-state index is 0.0151. The minimum Gasteiger partial charge on any atom is -0.478 e. The zero-order chi connectivity index (χ0) is 42.7. The number of fused-ring (bicyclic) bond motifs is 2. The lowest BCUT2D eigenvalue weighted by atomic mass is 9.63. The second-order valence-corrected chi connectivity index (χ2v) is 16.5. The molecule has 20 heteroatoms. The van der Waals surface area contributed by atoms with E-state index >= 15 is 0 Å². The lowest BCUT2D eigenvalue weighted by Crippen LogP contribution is -2.62. The van der Waals surface area contributed by atoms with E-state index in [1.807, 2.05) is 18.7 Å². The molecular weight excluding hydrogens is 807 g/mol. The van der Waals surface area contributed by atoms with Crippen LogP contribution in [-0.4, -0.2) is 86.0 Å². The van der Waals surface area contributed by atoms with E-state index in [4.69, 9.17) is 16.3 Å². The van der Waals surface area contributed by atoms with Gasteiger partial charge in [0.2, 0.25) is 17.8 Å². The minimum atomic E-state index is -4.45. The van der Waals surface area contributed by atoms with Crippen molar-refractivity contribution in [3.05, 3.63) is 63.8 Å². The lowest BCUT2D eigenvalue weighted by molar-refractivity contribution is -0.196. The van der Waals surface area contributed by atoms with Crippen molar-refractivity contribution in [2.45, 2.75) is 70.1 Å². The Bertz CT molecular complexity index is 2590. The van der Waals surface area contributed by atoms with Crippen molar-refractivity contribution in [2.24, 2.45) is 18.4 Å². The first-order valence-corrected chi connectivity index (χ1v) is 20.0. The quantitative estimate of drug-likeness (QED) is 0.132. The van der Waals surface area contributed by atoms with Gasteiger partial charge >= 0.3 is 6.18 Å². The maximum atomic E-state index is 14.8. The molecule has 2 saturated heterocycles. The van der Waals surface area contributed by atoms with E-state index in [2.05, 4.69) is 41.3 Å². The van der Waals surface area contributed by atoms with Crippen molar-refractivity contribution in [3.63, 3.8) is 0 Å². The average Bonchev–Trinajstić information content (AvgIpc) is 3.51. The number of alkyl halides is 3. The number of likely N-dealkylation sites (N-methyl/N-ethyl adjacent to an activating group) is 1. The highest BCUT2D eigenvalue weighted by Crippen LogP contribution is 2.52. The van der Waals surface area contributed by atoms with E-state index in [0.717, 1.165) is 0 Å². The van der Waals surface area contributed by atoms with Crippen LogP contribution in [0.2, 0.25) is 5.02 Å². The van der Waals surface area contributed by atoms with Crippen LogP contribution < -0.4 is 36.5 Å². The van der Waals surface area contributed by atoms with Crippen molar-refractivity contribution in [2.75, 3.05) is 42.3 Å². The summed E-state index contributed by atoms with van der Waals surface area (Å²) in [6.45, 7) is 3.99. The number of hydrogen-bond acceptors (Lipinski definition) is 12.